The molecule has 18 heavy (non-hydrogen) atoms. The fourth-order valence-corrected chi connectivity index (χ4v) is 1.97. The third kappa shape index (κ3) is 5.58. The molecule has 0 spiro atoms. The summed E-state index contributed by atoms with van der Waals surface area (Å²) in [6.45, 7) is 5.83. The maximum Gasteiger partial charge on any atom is 0.446 e. The van der Waals surface area contributed by atoms with Crippen LogP contribution < -0.4 is 0 Å². The Morgan fingerprint density at radius 2 is 1.61 bits per heavy atom. The number of thioether (sulfide) groups is 1. The molecule has 100 valence electrons. The molecule has 1 aromatic rings. The van der Waals surface area contributed by atoms with Gasteiger partial charge in [-0.25, -0.2) is 0 Å². The van der Waals surface area contributed by atoms with Crippen LogP contribution in [0.2, 0.25) is 0 Å². The first-order chi connectivity index (χ1) is 8.07. The second-order valence-corrected chi connectivity index (χ2v) is 6.37. The highest BCUT2D eigenvalue weighted by Gasteiger charge is 2.29. The molecule has 1 nitrogen and oxygen atoms in total. The molecular formula is C13H15F3OS. The van der Waals surface area contributed by atoms with Crippen molar-refractivity contribution in [2.75, 3.05) is 0 Å². The second-order valence-electron chi connectivity index (χ2n) is 5.23. The van der Waals surface area contributed by atoms with Crippen molar-refractivity contribution in [1.82, 2.24) is 0 Å². The molecular weight excluding hydrogens is 261 g/mol. The number of rotatable bonds is 3. The van der Waals surface area contributed by atoms with Gasteiger partial charge in [0, 0.05) is 16.9 Å². The van der Waals surface area contributed by atoms with Crippen molar-refractivity contribution in [3.05, 3.63) is 29.8 Å². The zero-order chi connectivity index (χ0) is 14.0. The fourth-order valence-electron chi connectivity index (χ4n) is 1.43. The van der Waals surface area contributed by atoms with E-state index in [1.54, 1.807) is 0 Å². The topological polar surface area (TPSA) is 17.1 Å². The van der Waals surface area contributed by atoms with Gasteiger partial charge in [-0.15, -0.1) is 0 Å². The van der Waals surface area contributed by atoms with Crippen LogP contribution in [-0.2, 0) is 0 Å². The lowest BCUT2D eigenvalue weighted by Gasteiger charge is -2.16. The van der Waals surface area contributed by atoms with E-state index in [0.717, 1.165) is 0 Å². The molecule has 0 amide bonds. The summed E-state index contributed by atoms with van der Waals surface area (Å²) in [6, 6.07) is 5.55. The van der Waals surface area contributed by atoms with Crippen LogP contribution >= 0.6 is 11.8 Å². The zero-order valence-electron chi connectivity index (χ0n) is 10.5. The van der Waals surface area contributed by atoms with E-state index >= 15 is 0 Å². The van der Waals surface area contributed by atoms with Gasteiger partial charge in [0.15, 0.2) is 5.78 Å². The number of carbonyl (C=O) groups is 1. The molecule has 0 atom stereocenters. The lowest BCUT2D eigenvalue weighted by atomic mass is 9.88. The van der Waals surface area contributed by atoms with Gasteiger partial charge in [0.1, 0.15) is 0 Å². The molecule has 0 aliphatic carbocycles. The molecule has 0 saturated carbocycles. The minimum atomic E-state index is -4.29. The monoisotopic (exact) mass is 276 g/mol. The summed E-state index contributed by atoms with van der Waals surface area (Å²) in [5.41, 5.74) is -3.97. The Balaban J connectivity index is 2.74. The number of hydrogen-bond acceptors (Lipinski definition) is 2. The van der Waals surface area contributed by atoms with Crippen LogP contribution in [0.15, 0.2) is 29.2 Å². The molecule has 0 N–H and O–H groups in total. The standard InChI is InChI=1S/C13H15F3OS/c1-12(2,3)8-11(17)9-4-6-10(7-5-9)18-13(14,15)16/h4-7H,8H2,1-3H3. The van der Waals surface area contributed by atoms with E-state index in [1.807, 2.05) is 20.8 Å². The zero-order valence-corrected chi connectivity index (χ0v) is 11.3. The van der Waals surface area contributed by atoms with Gasteiger partial charge in [-0.1, -0.05) is 32.9 Å². The number of carbonyl (C=O) groups excluding carboxylic acids is 1. The van der Waals surface area contributed by atoms with Gasteiger partial charge < -0.3 is 0 Å². The van der Waals surface area contributed by atoms with Gasteiger partial charge >= 0.3 is 5.51 Å². The van der Waals surface area contributed by atoms with E-state index in [0.29, 0.717) is 12.0 Å². The Labute approximate surface area is 109 Å². The largest absolute Gasteiger partial charge is 0.446 e. The molecule has 0 aromatic heterocycles. The highest BCUT2D eigenvalue weighted by Crippen LogP contribution is 2.36. The predicted octanol–water partition coefficient (Wildman–Crippen LogP) is 4.92. The van der Waals surface area contributed by atoms with Gasteiger partial charge in [-0.2, -0.15) is 13.2 Å². The number of hydrogen-bond donors (Lipinski definition) is 0. The van der Waals surface area contributed by atoms with Crippen molar-refractivity contribution in [3.8, 4) is 0 Å². The molecule has 1 rings (SSSR count). The van der Waals surface area contributed by atoms with E-state index in [2.05, 4.69) is 0 Å². The van der Waals surface area contributed by atoms with Crippen LogP contribution in [0, 0.1) is 5.41 Å². The molecule has 0 fully saturated rings. The average molecular weight is 276 g/mol. The minimum Gasteiger partial charge on any atom is -0.294 e. The number of alkyl halides is 3. The van der Waals surface area contributed by atoms with Crippen molar-refractivity contribution in [2.24, 2.45) is 5.41 Å². The SMILES string of the molecule is CC(C)(C)CC(=O)c1ccc(SC(F)(F)F)cc1. The summed E-state index contributed by atoms with van der Waals surface area (Å²) in [5, 5.41) is 0. The molecule has 0 bridgehead atoms. The third-order valence-corrected chi connectivity index (χ3v) is 2.84. The van der Waals surface area contributed by atoms with Gasteiger partial charge in [0.25, 0.3) is 0 Å². The normalized spacial score (nSPS) is 12.6. The molecule has 0 saturated heterocycles. The van der Waals surface area contributed by atoms with E-state index in [9.17, 15) is 18.0 Å². The minimum absolute atomic E-state index is 0.0499. The van der Waals surface area contributed by atoms with Crippen molar-refractivity contribution >= 4 is 17.5 Å². The quantitative estimate of drug-likeness (QED) is 0.576. The molecule has 0 unspecified atom stereocenters. The number of ketones is 1. The van der Waals surface area contributed by atoms with Gasteiger partial charge in [-0.3, -0.25) is 4.79 Å². The first-order valence-corrected chi connectivity index (χ1v) is 6.27. The predicted molar refractivity (Wildman–Crippen MR) is 66.8 cm³/mol. The maximum atomic E-state index is 12.1. The van der Waals surface area contributed by atoms with E-state index in [4.69, 9.17) is 0 Å². The summed E-state index contributed by atoms with van der Waals surface area (Å²) in [6.07, 6.45) is 0.374. The summed E-state index contributed by atoms with van der Waals surface area (Å²) >= 11 is -0.177. The lowest BCUT2D eigenvalue weighted by Crippen LogP contribution is -2.12. The summed E-state index contributed by atoms with van der Waals surface area (Å²) in [5.74, 6) is -0.0499. The number of halogens is 3. The van der Waals surface area contributed by atoms with Crippen molar-refractivity contribution in [1.29, 1.82) is 0 Å². The van der Waals surface area contributed by atoms with Crippen LogP contribution in [0.3, 0.4) is 0 Å². The van der Waals surface area contributed by atoms with Crippen LogP contribution in [0.1, 0.15) is 37.6 Å². The van der Waals surface area contributed by atoms with Gasteiger partial charge in [-0.05, 0) is 29.3 Å². The average Bonchev–Trinajstić information content (AvgIpc) is 2.13. The molecule has 0 aliphatic heterocycles. The first-order valence-electron chi connectivity index (χ1n) is 5.46. The summed E-state index contributed by atoms with van der Waals surface area (Å²) in [4.78, 5) is 11.9. The Morgan fingerprint density at radius 3 is 2.00 bits per heavy atom. The molecule has 0 radical (unpaired) electrons. The molecule has 0 aliphatic rings. The van der Waals surface area contributed by atoms with E-state index in [1.165, 1.54) is 24.3 Å². The van der Waals surface area contributed by atoms with Crippen molar-refractivity contribution in [3.63, 3.8) is 0 Å². The molecule has 5 heteroatoms. The maximum absolute atomic E-state index is 12.1. The molecule has 1 aromatic carbocycles. The number of benzene rings is 1. The fraction of sp³-hybridized carbons (Fsp3) is 0.462. The smallest absolute Gasteiger partial charge is 0.294 e. The number of Topliss-reactive ketones (excluding diaryl/α,β-unsaturated/α-hetero) is 1. The molecule has 0 heterocycles. The van der Waals surface area contributed by atoms with Crippen molar-refractivity contribution < 1.29 is 18.0 Å². The highest BCUT2D eigenvalue weighted by molar-refractivity contribution is 8.00. The summed E-state index contributed by atoms with van der Waals surface area (Å²) < 4.78 is 36.4. The third-order valence-electron chi connectivity index (χ3n) is 2.10. The van der Waals surface area contributed by atoms with Crippen molar-refractivity contribution in [2.45, 2.75) is 37.6 Å². The lowest BCUT2D eigenvalue weighted by molar-refractivity contribution is -0.0328. The van der Waals surface area contributed by atoms with Gasteiger partial charge in [0.05, 0.1) is 0 Å². The summed E-state index contributed by atoms with van der Waals surface area (Å²) in [7, 11) is 0. The van der Waals surface area contributed by atoms with Crippen LogP contribution in [0.25, 0.3) is 0 Å². The Hall–Kier alpha value is -0.970. The van der Waals surface area contributed by atoms with E-state index < -0.39 is 5.51 Å². The van der Waals surface area contributed by atoms with Crippen LogP contribution in [0.4, 0.5) is 13.2 Å². The van der Waals surface area contributed by atoms with E-state index in [-0.39, 0.29) is 27.9 Å². The highest BCUT2D eigenvalue weighted by atomic mass is 32.2. The Bertz CT molecular complexity index is 415. The first kappa shape index (κ1) is 15.1. The van der Waals surface area contributed by atoms with Gasteiger partial charge in [0.2, 0.25) is 0 Å². The van der Waals surface area contributed by atoms with Crippen LogP contribution in [-0.4, -0.2) is 11.3 Å². The second kappa shape index (κ2) is 5.34. The van der Waals surface area contributed by atoms with Crippen LogP contribution in [0.5, 0.6) is 0 Å². The Kier molecular flexibility index (Phi) is 4.48. The Morgan fingerprint density at radius 1 is 1.11 bits per heavy atom.